The summed E-state index contributed by atoms with van der Waals surface area (Å²) in [6.45, 7) is 6.52. The van der Waals surface area contributed by atoms with Crippen molar-refractivity contribution in [3.63, 3.8) is 0 Å². The predicted molar refractivity (Wildman–Crippen MR) is 75.2 cm³/mol. The van der Waals surface area contributed by atoms with E-state index in [1.165, 1.54) is 11.1 Å². The molecule has 19 heavy (non-hydrogen) atoms. The summed E-state index contributed by atoms with van der Waals surface area (Å²) in [5.74, 6) is 0. The number of hydrogen-bond acceptors (Lipinski definition) is 3. The number of nitrogens with zero attached hydrogens (tertiary/aromatic N) is 2. The molecule has 1 aromatic rings. The second-order valence-electron chi connectivity index (χ2n) is 6.75. The largest absolute Gasteiger partial charge is 0.388 e. The van der Waals surface area contributed by atoms with Crippen molar-refractivity contribution in [2.24, 2.45) is 0 Å². The summed E-state index contributed by atoms with van der Waals surface area (Å²) in [4.78, 5) is 11.9. The van der Waals surface area contributed by atoms with Gasteiger partial charge in [-0.1, -0.05) is 40.0 Å². The topological polar surface area (TPSA) is 55.1 Å². The highest BCUT2D eigenvalue weighted by Gasteiger charge is 2.30. The minimum atomic E-state index is -0.758. The van der Waals surface area contributed by atoms with Crippen LogP contribution >= 0.6 is 0 Å². The molecular weight excluding hydrogens is 240 g/mol. The average Bonchev–Trinajstić information content (AvgIpc) is 2.31. The fraction of sp³-hybridized carbons (Fsp3) is 0.733. The van der Waals surface area contributed by atoms with E-state index in [0.29, 0.717) is 6.54 Å². The van der Waals surface area contributed by atoms with Crippen molar-refractivity contribution in [3.8, 4) is 0 Å². The Morgan fingerprint density at radius 2 is 1.89 bits per heavy atom. The van der Waals surface area contributed by atoms with Gasteiger partial charge in [0, 0.05) is 11.5 Å². The van der Waals surface area contributed by atoms with Gasteiger partial charge in [0.05, 0.1) is 17.8 Å². The fourth-order valence-corrected chi connectivity index (χ4v) is 2.61. The molecule has 0 aromatic carbocycles. The first kappa shape index (κ1) is 14.3. The molecule has 1 N–H and O–H groups in total. The van der Waals surface area contributed by atoms with Gasteiger partial charge in [0.15, 0.2) is 0 Å². The Labute approximate surface area is 114 Å². The zero-order valence-electron chi connectivity index (χ0n) is 12.1. The van der Waals surface area contributed by atoms with E-state index in [1.54, 1.807) is 12.1 Å². The van der Waals surface area contributed by atoms with Crippen LogP contribution < -0.4 is 5.56 Å². The van der Waals surface area contributed by atoms with E-state index in [2.05, 4.69) is 25.9 Å². The third-order valence-electron chi connectivity index (χ3n) is 3.86. The van der Waals surface area contributed by atoms with Crippen molar-refractivity contribution in [1.82, 2.24) is 9.78 Å². The Morgan fingerprint density at radius 3 is 2.47 bits per heavy atom. The van der Waals surface area contributed by atoms with E-state index in [9.17, 15) is 9.90 Å². The van der Waals surface area contributed by atoms with E-state index < -0.39 is 5.60 Å². The Bertz CT molecular complexity index is 494. The first-order valence-electron chi connectivity index (χ1n) is 7.11. The van der Waals surface area contributed by atoms with Crippen LogP contribution in [0.4, 0.5) is 0 Å². The quantitative estimate of drug-likeness (QED) is 0.891. The molecule has 0 unspecified atom stereocenters. The van der Waals surface area contributed by atoms with Crippen LogP contribution in [0, 0.1) is 0 Å². The van der Waals surface area contributed by atoms with Crippen molar-refractivity contribution >= 4 is 0 Å². The molecule has 1 saturated carbocycles. The zero-order valence-corrected chi connectivity index (χ0v) is 12.1. The summed E-state index contributed by atoms with van der Waals surface area (Å²) in [7, 11) is 0. The van der Waals surface area contributed by atoms with Gasteiger partial charge in [-0.2, -0.15) is 5.10 Å². The minimum Gasteiger partial charge on any atom is -0.388 e. The molecule has 1 heterocycles. The van der Waals surface area contributed by atoms with Gasteiger partial charge in [0.2, 0.25) is 0 Å². The molecule has 1 fully saturated rings. The van der Waals surface area contributed by atoms with Crippen LogP contribution in [-0.4, -0.2) is 20.5 Å². The minimum absolute atomic E-state index is 0.0926. The van der Waals surface area contributed by atoms with Crippen LogP contribution in [0.2, 0.25) is 0 Å². The summed E-state index contributed by atoms with van der Waals surface area (Å²) in [6.07, 6.45) is 4.77. The molecule has 0 saturated heterocycles. The lowest BCUT2D eigenvalue weighted by Crippen LogP contribution is -2.41. The van der Waals surface area contributed by atoms with Crippen LogP contribution in [0.1, 0.15) is 58.6 Å². The third kappa shape index (κ3) is 3.44. The lowest BCUT2D eigenvalue weighted by Gasteiger charge is -2.32. The van der Waals surface area contributed by atoms with Crippen LogP contribution in [-0.2, 0) is 12.0 Å². The molecule has 2 rings (SSSR count). The van der Waals surface area contributed by atoms with E-state index in [0.717, 1.165) is 31.4 Å². The third-order valence-corrected chi connectivity index (χ3v) is 3.86. The monoisotopic (exact) mass is 264 g/mol. The van der Waals surface area contributed by atoms with E-state index in [1.807, 2.05) is 0 Å². The summed E-state index contributed by atoms with van der Waals surface area (Å²) in [5.41, 5.74) is -0.102. The molecular formula is C15H24N2O2. The molecule has 0 aliphatic heterocycles. The predicted octanol–water partition coefficient (Wildman–Crippen LogP) is 2.24. The van der Waals surface area contributed by atoms with Gasteiger partial charge in [-0.25, -0.2) is 4.68 Å². The Hall–Kier alpha value is -1.16. The summed E-state index contributed by atoms with van der Waals surface area (Å²) >= 11 is 0. The molecule has 4 heteroatoms. The fourth-order valence-electron chi connectivity index (χ4n) is 2.61. The summed E-state index contributed by atoms with van der Waals surface area (Å²) < 4.78 is 1.44. The van der Waals surface area contributed by atoms with Gasteiger partial charge in [-0.15, -0.1) is 0 Å². The highest BCUT2D eigenvalue weighted by Crippen LogP contribution is 2.29. The van der Waals surface area contributed by atoms with Crippen LogP contribution in [0.25, 0.3) is 0 Å². The average molecular weight is 264 g/mol. The first-order valence-corrected chi connectivity index (χ1v) is 7.11. The lowest BCUT2D eigenvalue weighted by molar-refractivity contribution is -0.0157. The maximum absolute atomic E-state index is 11.9. The maximum Gasteiger partial charge on any atom is 0.266 e. The van der Waals surface area contributed by atoms with Crippen molar-refractivity contribution in [2.45, 2.75) is 70.4 Å². The molecule has 0 spiro atoms. The van der Waals surface area contributed by atoms with Gasteiger partial charge < -0.3 is 5.11 Å². The van der Waals surface area contributed by atoms with Crippen LogP contribution in [0.5, 0.6) is 0 Å². The molecule has 1 aliphatic carbocycles. The molecule has 0 radical (unpaired) electrons. The zero-order chi connectivity index (χ0) is 14.1. The van der Waals surface area contributed by atoms with Gasteiger partial charge in [0.25, 0.3) is 5.56 Å². The number of rotatable bonds is 2. The van der Waals surface area contributed by atoms with Crippen LogP contribution in [0.3, 0.4) is 0 Å². The Morgan fingerprint density at radius 1 is 1.26 bits per heavy atom. The Kier molecular flexibility index (Phi) is 3.81. The first-order chi connectivity index (χ1) is 8.80. The number of aliphatic hydroxyl groups is 1. The standard InChI is InChI=1S/C15H24N2O2/c1-14(2,3)12-7-8-13(18)17(16-12)11-15(19)9-5-4-6-10-15/h7-8,19H,4-6,9-11H2,1-3H3. The van der Waals surface area contributed by atoms with E-state index in [4.69, 9.17) is 0 Å². The van der Waals surface area contributed by atoms with Gasteiger partial charge in [-0.05, 0) is 18.9 Å². The number of aromatic nitrogens is 2. The molecule has 4 nitrogen and oxygen atoms in total. The van der Waals surface area contributed by atoms with Crippen molar-refractivity contribution in [2.75, 3.05) is 0 Å². The second kappa shape index (κ2) is 5.08. The van der Waals surface area contributed by atoms with Crippen LogP contribution in [0.15, 0.2) is 16.9 Å². The normalized spacial score (nSPS) is 19.4. The van der Waals surface area contributed by atoms with Gasteiger partial charge >= 0.3 is 0 Å². The number of hydrogen-bond donors (Lipinski definition) is 1. The summed E-state index contributed by atoms with van der Waals surface area (Å²) in [5, 5.41) is 15.0. The lowest BCUT2D eigenvalue weighted by atomic mass is 9.85. The molecule has 106 valence electrons. The molecule has 0 bridgehead atoms. The van der Waals surface area contributed by atoms with Crippen molar-refractivity contribution in [3.05, 3.63) is 28.2 Å². The molecule has 0 atom stereocenters. The van der Waals surface area contributed by atoms with E-state index in [-0.39, 0.29) is 11.0 Å². The molecule has 0 amide bonds. The smallest absolute Gasteiger partial charge is 0.266 e. The second-order valence-corrected chi connectivity index (χ2v) is 6.75. The Balaban J connectivity index is 2.26. The molecule has 1 aromatic heterocycles. The molecule has 1 aliphatic rings. The van der Waals surface area contributed by atoms with Gasteiger partial charge in [0.1, 0.15) is 0 Å². The SMILES string of the molecule is CC(C)(C)c1ccc(=O)n(CC2(O)CCCCC2)n1. The highest BCUT2D eigenvalue weighted by molar-refractivity contribution is 5.10. The van der Waals surface area contributed by atoms with E-state index >= 15 is 0 Å². The van der Waals surface area contributed by atoms with Gasteiger partial charge in [-0.3, -0.25) is 4.79 Å². The van der Waals surface area contributed by atoms with Crippen molar-refractivity contribution < 1.29 is 5.11 Å². The van der Waals surface area contributed by atoms with Crippen molar-refractivity contribution in [1.29, 1.82) is 0 Å². The highest BCUT2D eigenvalue weighted by atomic mass is 16.3. The summed E-state index contributed by atoms with van der Waals surface area (Å²) in [6, 6.07) is 3.34. The maximum atomic E-state index is 11.9.